The van der Waals surface area contributed by atoms with E-state index in [1.165, 1.54) is 0 Å². The average molecular weight is 437 g/mol. The zero-order valence-corrected chi connectivity index (χ0v) is 15.6. The van der Waals surface area contributed by atoms with Crippen LogP contribution in [0.1, 0.15) is 0 Å². The first-order valence-corrected chi connectivity index (χ1v) is 9.67. The third kappa shape index (κ3) is 3.10. The van der Waals surface area contributed by atoms with Crippen molar-refractivity contribution in [2.45, 2.75) is 0 Å². The second kappa shape index (κ2) is 6.91. The molecule has 0 radical (unpaired) electrons. The molecular formula is C17H12Br2NOP. The van der Waals surface area contributed by atoms with Crippen LogP contribution in [-0.2, 0) is 4.57 Å². The van der Waals surface area contributed by atoms with Crippen molar-refractivity contribution in [3.63, 3.8) is 0 Å². The lowest BCUT2D eigenvalue weighted by Crippen LogP contribution is -2.11. The number of aromatic nitrogens is 1. The number of pyridine rings is 1. The third-order valence-corrected chi connectivity index (χ3v) is 6.85. The molecule has 3 rings (SSSR count). The van der Waals surface area contributed by atoms with Crippen LogP contribution >= 0.6 is 39.7 Å². The molecule has 0 aliphatic rings. The maximum absolute atomic E-state index is 13.1. The van der Waals surface area contributed by atoms with Crippen molar-refractivity contribution in [1.29, 1.82) is 0 Å². The lowest BCUT2D eigenvalue weighted by atomic mass is 10.1. The molecule has 0 N–H and O–H groups in total. The Hall–Kier alpha value is -1.22. The van der Waals surface area contributed by atoms with Gasteiger partial charge in [-0.05, 0) is 45.3 Å². The van der Waals surface area contributed by atoms with Crippen molar-refractivity contribution in [2.75, 3.05) is 0 Å². The molecule has 5 heteroatoms. The Balaban J connectivity index is 2.16. The number of rotatable bonds is 3. The highest BCUT2D eigenvalue weighted by atomic mass is 79.9. The average Bonchev–Trinajstić information content (AvgIpc) is 2.55. The maximum Gasteiger partial charge on any atom is 0.135 e. The maximum atomic E-state index is 13.1. The predicted molar refractivity (Wildman–Crippen MR) is 99.8 cm³/mol. The van der Waals surface area contributed by atoms with Crippen molar-refractivity contribution < 1.29 is 4.57 Å². The molecule has 2 aromatic carbocycles. The van der Waals surface area contributed by atoms with Gasteiger partial charge in [0.05, 0.1) is 0 Å². The van der Waals surface area contributed by atoms with Crippen LogP contribution in [-0.4, -0.2) is 4.98 Å². The first kappa shape index (κ1) is 15.7. The molecule has 0 saturated heterocycles. The standard InChI is InChI=1S/C17H12Br2NOP/c18-14-8-3-1-6-12(14)13-7-2-4-9-15(13)22(21)16-10-5-11-20-17(16)19/h1-11,22H. The van der Waals surface area contributed by atoms with Gasteiger partial charge in [0.15, 0.2) is 0 Å². The highest BCUT2D eigenvalue weighted by Crippen LogP contribution is 2.33. The van der Waals surface area contributed by atoms with Crippen LogP contribution in [0.4, 0.5) is 0 Å². The lowest BCUT2D eigenvalue weighted by Gasteiger charge is -2.12. The minimum atomic E-state index is -2.15. The summed E-state index contributed by atoms with van der Waals surface area (Å²) in [7, 11) is -2.15. The van der Waals surface area contributed by atoms with E-state index in [0.717, 1.165) is 26.2 Å². The van der Waals surface area contributed by atoms with Crippen LogP contribution in [0.15, 0.2) is 75.9 Å². The number of hydrogen-bond donors (Lipinski definition) is 0. The SMILES string of the molecule is O=[PH](c1ccccc1-c1ccccc1Br)c1cccnc1Br. The Morgan fingerprint density at radius 3 is 2.14 bits per heavy atom. The van der Waals surface area contributed by atoms with Crippen molar-refractivity contribution in [2.24, 2.45) is 0 Å². The molecule has 22 heavy (non-hydrogen) atoms. The molecule has 0 aliphatic heterocycles. The van der Waals surface area contributed by atoms with Gasteiger partial charge in [0, 0.05) is 21.3 Å². The molecule has 3 aromatic rings. The number of hydrogen-bond acceptors (Lipinski definition) is 2. The van der Waals surface area contributed by atoms with E-state index in [-0.39, 0.29) is 0 Å². The predicted octanol–water partition coefficient (Wildman–Crippen LogP) is 4.78. The summed E-state index contributed by atoms with van der Waals surface area (Å²) in [6.45, 7) is 0. The Morgan fingerprint density at radius 2 is 1.41 bits per heavy atom. The van der Waals surface area contributed by atoms with Crippen molar-refractivity contribution in [3.8, 4) is 11.1 Å². The smallest absolute Gasteiger partial charge is 0.135 e. The van der Waals surface area contributed by atoms with Gasteiger partial charge in [-0.3, -0.25) is 0 Å². The van der Waals surface area contributed by atoms with Crippen LogP contribution in [0.25, 0.3) is 11.1 Å². The molecular weight excluding hydrogens is 425 g/mol. The van der Waals surface area contributed by atoms with Crippen LogP contribution in [0, 0.1) is 0 Å². The van der Waals surface area contributed by atoms with Gasteiger partial charge in [-0.1, -0.05) is 58.4 Å². The van der Waals surface area contributed by atoms with E-state index in [4.69, 9.17) is 0 Å². The highest BCUT2D eigenvalue weighted by molar-refractivity contribution is 9.11. The molecule has 1 aromatic heterocycles. The topological polar surface area (TPSA) is 30.0 Å². The van der Waals surface area contributed by atoms with E-state index in [2.05, 4.69) is 36.8 Å². The molecule has 2 nitrogen and oxygen atoms in total. The minimum Gasteiger partial charge on any atom is -0.317 e. The Kier molecular flexibility index (Phi) is 4.92. The van der Waals surface area contributed by atoms with Crippen molar-refractivity contribution in [1.82, 2.24) is 4.98 Å². The van der Waals surface area contributed by atoms with Crippen LogP contribution in [0.5, 0.6) is 0 Å². The van der Waals surface area contributed by atoms with Gasteiger partial charge in [-0.25, -0.2) is 4.98 Å². The van der Waals surface area contributed by atoms with Crippen molar-refractivity contribution in [3.05, 3.63) is 75.9 Å². The summed E-state index contributed by atoms with van der Waals surface area (Å²) in [5.41, 5.74) is 2.02. The van der Waals surface area contributed by atoms with Gasteiger partial charge in [-0.15, -0.1) is 0 Å². The summed E-state index contributed by atoms with van der Waals surface area (Å²) in [5.74, 6) is 0. The fourth-order valence-corrected chi connectivity index (χ4v) is 5.08. The number of halogens is 2. The van der Waals surface area contributed by atoms with Gasteiger partial charge in [0.2, 0.25) is 0 Å². The lowest BCUT2D eigenvalue weighted by molar-refractivity contribution is 0.598. The molecule has 0 amide bonds. The Morgan fingerprint density at radius 1 is 0.773 bits per heavy atom. The van der Waals surface area contributed by atoms with E-state index < -0.39 is 7.80 Å². The number of benzene rings is 2. The summed E-state index contributed by atoms with van der Waals surface area (Å²) in [6, 6.07) is 19.4. The first-order chi connectivity index (χ1) is 10.7. The van der Waals surface area contributed by atoms with Gasteiger partial charge in [0.1, 0.15) is 12.4 Å². The quantitative estimate of drug-likeness (QED) is 0.436. The van der Waals surface area contributed by atoms with Gasteiger partial charge in [0.25, 0.3) is 0 Å². The molecule has 1 heterocycles. The monoisotopic (exact) mass is 435 g/mol. The van der Waals surface area contributed by atoms with Crippen LogP contribution in [0.2, 0.25) is 0 Å². The van der Waals surface area contributed by atoms with E-state index in [0.29, 0.717) is 4.60 Å². The first-order valence-electron chi connectivity index (χ1n) is 6.67. The molecule has 0 aliphatic carbocycles. The second-order valence-electron chi connectivity index (χ2n) is 4.70. The third-order valence-electron chi connectivity index (χ3n) is 3.34. The second-order valence-corrected chi connectivity index (χ2v) is 8.04. The molecule has 0 saturated carbocycles. The number of nitrogens with zero attached hydrogens (tertiary/aromatic N) is 1. The summed E-state index contributed by atoms with van der Waals surface area (Å²) < 4.78 is 14.7. The molecule has 0 spiro atoms. The molecule has 0 bridgehead atoms. The summed E-state index contributed by atoms with van der Waals surface area (Å²) in [4.78, 5) is 4.18. The molecule has 1 unspecified atom stereocenters. The summed E-state index contributed by atoms with van der Waals surface area (Å²) >= 11 is 6.97. The van der Waals surface area contributed by atoms with Gasteiger partial charge in [-0.2, -0.15) is 0 Å². The van der Waals surface area contributed by atoms with Crippen LogP contribution < -0.4 is 10.6 Å². The molecule has 1 atom stereocenters. The van der Waals surface area contributed by atoms with E-state index in [1.807, 2.05) is 60.7 Å². The molecule has 110 valence electrons. The summed E-state index contributed by atoms with van der Waals surface area (Å²) in [6.07, 6.45) is 1.68. The molecule has 0 fully saturated rings. The fourth-order valence-electron chi connectivity index (χ4n) is 2.30. The van der Waals surface area contributed by atoms with E-state index >= 15 is 0 Å². The zero-order chi connectivity index (χ0) is 15.5. The van der Waals surface area contributed by atoms with Crippen LogP contribution in [0.3, 0.4) is 0 Å². The van der Waals surface area contributed by atoms with E-state index in [1.54, 1.807) is 6.20 Å². The zero-order valence-electron chi connectivity index (χ0n) is 11.5. The highest BCUT2D eigenvalue weighted by Gasteiger charge is 2.16. The van der Waals surface area contributed by atoms with Gasteiger partial charge < -0.3 is 4.57 Å². The van der Waals surface area contributed by atoms with E-state index in [9.17, 15) is 4.57 Å². The fraction of sp³-hybridized carbons (Fsp3) is 0. The Labute approximate surface area is 146 Å². The summed E-state index contributed by atoms with van der Waals surface area (Å²) in [5, 5.41) is 1.58. The van der Waals surface area contributed by atoms with Gasteiger partial charge >= 0.3 is 0 Å². The van der Waals surface area contributed by atoms with Crippen molar-refractivity contribution >= 4 is 50.3 Å². The normalized spacial score (nSPS) is 12.1. The Bertz CT molecular complexity index is 851. The minimum absolute atomic E-state index is 0.640. The largest absolute Gasteiger partial charge is 0.317 e.